The first kappa shape index (κ1) is 11.6. The van der Waals surface area contributed by atoms with E-state index in [9.17, 15) is 4.79 Å². The fraction of sp³-hybridized carbons (Fsp3) is 0.357. The molecular weight excluding hydrogens is 248 g/mol. The van der Waals surface area contributed by atoms with Gasteiger partial charge in [0.1, 0.15) is 6.04 Å². The van der Waals surface area contributed by atoms with E-state index in [0.717, 1.165) is 28.8 Å². The first-order valence-electron chi connectivity index (χ1n) is 6.22. The lowest BCUT2D eigenvalue weighted by Gasteiger charge is -2.15. The molecule has 3 rings (SSSR count). The molecule has 0 spiro atoms. The molecule has 0 radical (unpaired) electrons. The fourth-order valence-electron chi connectivity index (χ4n) is 2.16. The Kier molecular flexibility index (Phi) is 2.78. The SMILES string of the molecule is CC(C(=O)NC1CC1)n1ccc2c(Cl)cccc21. The summed E-state index contributed by atoms with van der Waals surface area (Å²) in [6.45, 7) is 1.91. The first-order valence-corrected chi connectivity index (χ1v) is 6.60. The predicted octanol–water partition coefficient (Wildman–Crippen LogP) is 3.13. The van der Waals surface area contributed by atoms with Gasteiger partial charge in [-0.05, 0) is 38.0 Å². The van der Waals surface area contributed by atoms with Gasteiger partial charge in [0.2, 0.25) is 5.91 Å². The summed E-state index contributed by atoms with van der Waals surface area (Å²) in [5.74, 6) is 0.0787. The molecule has 0 bridgehead atoms. The van der Waals surface area contributed by atoms with Crippen molar-refractivity contribution in [2.24, 2.45) is 0 Å². The quantitative estimate of drug-likeness (QED) is 0.906. The Morgan fingerprint density at radius 3 is 2.94 bits per heavy atom. The van der Waals surface area contributed by atoms with Crippen LogP contribution in [-0.2, 0) is 4.79 Å². The number of hydrogen-bond donors (Lipinski definition) is 1. The smallest absolute Gasteiger partial charge is 0.242 e. The van der Waals surface area contributed by atoms with E-state index in [1.807, 2.05) is 42.0 Å². The predicted molar refractivity (Wildman–Crippen MR) is 72.8 cm³/mol. The molecule has 1 amide bonds. The second-order valence-corrected chi connectivity index (χ2v) is 5.26. The molecule has 3 nitrogen and oxygen atoms in total. The van der Waals surface area contributed by atoms with Crippen molar-refractivity contribution >= 4 is 28.4 Å². The molecule has 1 unspecified atom stereocenters. The van der Waals surface area contributed by atoms with E-state index < -0.39 is 0 Å². The largest absolute Gasteiger partial charge is 0.352 e. The van der Waals surface area contributed by atoms with Crippen molar-refractivity contribution in [3.05, 3.63) is 35.5 Å². The summed E-state index contributed by atoms with van der Waals surface area (Å²) >= 11 is 6.14. The number of halogens is 1. The van der Waals surface area contributed by atoms with Crippen LogP contribution in [0.4, 0.5) is 0 Å². The molecule has 94 valence electrons. The van der Waals surface area contributed by atoms with Crippen molar-refractivity contribution in [1.29, 1.82) is 0 Å². The topological polar surface area (TPSA) is 34.0 Å². The summed E-state index contributed by atoms with van der Waals surface area (Å²) in [5, 5.41) is 4.74. The number of carbonyl (C=O) groups excluding carboxylic acids is 1. The number of nitrogens with one attached hydrogen (secondary N) is 1. The fourth-order valence-corrected chi connectivity index (χ4v) is 2.40. The number of benzene rings is 1. The Morgan fingerprint density at radius 2 is 2.22 bits per heavy atom. The highest BCUT2D eigenvalue weighted by Crippen LogP contribution is 2.27. The molecule has 0 aliphatic heterocycles. The molecule has 4 heteroatoms. The zero-order chi connectivity index (χ0) is 12.7. The van der Waals surface area contributed by atoms with Gasteiger partial charge in [-0.1, -0.05) is 17.7 Å². The maximum absolute atomic E-state index is 12.1. The average Bonchev–Trinajstić information content (AvgIpc) is 3.05. The van der Waals surface area contributed by atoms with Crippen molar-refractivity contribution in [2.75, 3.05) is 0 Å². The monoisotopic (exact) mass is 262 g/mol. The highest BCUT2D eigenvalue weighted by Gasteiger charge is 2.26. The molecule has 1 fully saturated rings. The zero-order valence-corrected chi connectivity index (χ0v) is 10.9. The maximum atomic E-state index is 12.1. The second kappa shape index (κ2) is 4.32. The Morgan fingerprint density at radius 1 is 1.44 bits per heavy atom. The first-order chi connectivity index (χ1) is 8.66. The van der Waals surface area contributed by atoms with Crippen molar-refractivity contribution in [3.63, 3.8) is 0 Å². The molecule has 0 saturated heterocycles. The van der Waals surface area contributed by atoms with E-state index in [-0.39, 0.29) is 11.9 Å². The molecule has 1 aromatic heterocycles. The van der Waals surface area contributed by atoms with Crippen molar-refractivity contribution in [1.82, 2.24) is 9.88 Å². The summed E-state index contributed by atoms with van der Waals surface area (Å²) in [5.41, 5.74) is 1.00. The van der Waals surface area contributed by atoms with Crippen LogP contribution < -0.4 is 5.32 Å². The van der Waals surface area contributed by atoms with Gasteiger partial charge in [0.15, 0.2) is 0 Å². The van der Waals surface area contributed by atoms with Gasteiger partial charge in [-0.3, -0.25) is 4.79 Å². The molecule has 1 saturated carbocycles. The zero-order valence-electron chi connectivity index (χ0n) is 10.2. The molecule has 1 N–H and O–H groups in total. The second-order valence-electron chi connectivity index (χ2n) is 4.85. The van der Waals surface area contributed by atoms with E-state index >= 15 is 0 Å². The molecule has 1 atom stereocenters. The number of amides is 1. The van der Waals surface area contributed by atoms with E-state index in [4.69, 9.17) is 11.6 Å². The number of carbonyl (C=O) groups is 1. The third kappa shape index (κ3) is 1.99. The third-order valence-electron chi connectivity index (χ3n) is 3.43. The minimum Gasteiger partial charge on any atom is -0.352 e. The summed E-state index contributed by atoms with van der Waals surface area (Å²) in [7, 11) is 0. The highest BCUT2D eigenvalue weighted by molar-refractivity contribution is 6.35. The van der Waals surface area contributed by atoms with Gasteiger partial charge < -0.3 is 9.88 Å². The van der Waals surface area contributed by atoms with Gasteiger partial charge in [-0.2, -0.15) is 0 Å². The molecule has 1 aliphatic carbocycles. The Hall–Kier alpha value is -1.48. The lowest BCUT2D eigenvalue weighted by Crippen LogP contribution is -2.32. The van der Waals surface area contributed by atoms with Gasteiger partial charge in [-0.25, -0.2) is 0 Å². The van der Waals surface area contributed by atoms with Crippen LogP contribution >= 0.6 is 11.6 Å². The molecular formula is C14H15ClN2O. The Bertz CT molecular complexity index is 601. The minimum atomic E-state index is -0.207. The van der Waals surface area contributed by atoms with Crippen LogP contribution in [0.3, 0.4) is 0 Å². The minimum absolute atomic E-state index is 0.0787. The van der Waals surface area contributed by atoms with Crippen LogP contribution in [0, 0.1) is 0 Å². The number of fused-ring (bicyclic) bond motifs is 1. The van der Waals surface area contributed by atoms with Crippen molar-refractivity contribution < 1.29 is 4.79 Å². The summed E-state index contributed by atoms with van der Waals surface area (Å²) in [6, 6.07) is 7.91. The summed E-state index contributed by atoms with van der Waals surface area (Å²) < 4.78 is 1.97. The third-order valence-corrected chi connectivity index (χ3v) is 3.76. The number of nitrogens with zero attached hydrogens (tertiary/aromatic N) is 1. The molecule has 2 aromatic rings. The van der Waals surface area contributed by atoms with Crippen LogP contribution in [0.5, 0.6) is 0 Å². The van der Waals surface area contributed by atoms with Gasteiger partial charge in [0.25, 0.3) is 0 Å². The standard InChI is InChI=1S/C14H15ClN2O/c1-9(14(18)16-10-5-6-10)17-8-7-11-12(15)3-2-4-13(11)17/h2-4,7-10H,5-6H2,1H3,(H,16,18). The molecule has 18 heavy (non-hydrogen) atoms. The normalized spacial score (nSPS) is 16.8. The van der Waals surface area contributed by atoms with Gasteiger partial charge >= 0.3 is 0 Å². The highest BCUT2D eigenvalue weighted by atomic mass is 35.5. The summed E-state index contributed by atoms with van der Waals surface area (Å²) in [4.78, 5) is 12.1. The number of rotatable bonds is 3. The molecule has 1 aliphatic rings. The van der Waals surface area contributed by atoms with Gasteiger partial charge in [-0.15, -0.1) is 0 Å². The van der Waals surface area contributed by atoms with E-state index in [0.29, 0.717) is 6.04 Å². The van der Waals surface area contributed by atoms with Gasteiger partial charge in [0.05, 0.1) is 5.52 Å². The van der Waals surface area contributed by atoms with Crippen LogP contribution in [0.25, 0.3) is 10.9 Å². The number of hydrogen-bond acceptors (Lipinski definition) is 1. The van der Waals surface area contributed by atoms with Crippen molar-refractivity contribution in [3.8, 4) is 0 Å². The maximum Gasteiger partial charge on any atom is 0.242 e. The van der Waals surface area contributed by atoms with Gasteiger partial charge in [0, 0.05) is 22.6 Å². The van der Waals surface area contributed by atoms with E-state index in [1.54, 1.807) is 0 Å². The molecule has 1 heterocycles. The van der Waals surface area contributed by atoms with Crippen LogP contribution in [0.2, 0.25) is 5.02 Å². The van der Waals surface area contributed by atoms with E-state index in [1.165, 1.54) is 0 Å². The summed E-state index contributed by atoms with van der Waals surface area (Å²) in [6.07, 6.45) is 4.14. The lowest BCUT2D eigenvalue weighted by molar-refractivity contribution is -0.123. The number of aromatic nitrogens is 1. The average molecular weight is 263 g/mol. The lowest BCUT2D eigenvalue weighted by atomic mass is 10.2. The van der Waals surface area contributed by atoms with Crippen LogP contribution in [0.15, 0.2) is 30.5 Å². The molecule has 1 aromatic carbocycles. The van der Waals surface area contributed by atoms with Crippen molar-refractivity contribution in [2.45, 2.75) is 31.8 Å². The van der Waals surface area contributed by atoms with Crippen LogP contribution in [-0.4, -0.2) is 16.5 Å². The van der Waals surface area contributed by atoms with E-state index in [2.05, 4.69) is 5.32 Å². The Labute approximate surface area is 111 Å². The van der Waals surface area contributed by atoms with Crippen LogP contribution in [0.1, 0.15) is 25.8 Å². The Balaban J connectivity index is 1.93.